The van der Waals surface area contributed by atoms with Gasteiger partial charge in [0.25, 0.3) is 0 Å². The van der Waals surface area contributed by atoms with Crippen molar-refractivity contribution in [3.63, 3.8) is 0 Å². The predicted octanol–water partition coefficient (Wildman–Crippen LogP) is 4.85. The molecule has 1 unspecified atom stereocenters. The molecule has 4 rings (SSSR count). The highest BCUT2D eigenvalue weighted by molar-refractivity contribution is 8.14. The number of amidine groups is 1. The Morgan fingerprint density at radius 1 is 1.15 bits per heavy atom. The summed E-state index contributed by atoms with van der Waals surface area (Å²) in [6.45, 7) is 2.14. The first-order valence-electron chi connectivity index (χ1n) is 10.6. The molecular weight excluding hydrogens is 354 g/mol. The van der Waals surface area contributed by atoms with E-state index in [1.54, 1.807) is 0 Å². The fourth-order valence-electron chi connectivity index (χ4n) is 4.17. The lowest BCUT2D eigenvalue weighted by Crippen LogP contribution is -2.39. The van der Waals surface area contributed by atoms with Crippen molar-refractivity contribution in [2.45, 2.75) is 82.8 Å². The van der Waals surface area contributed by atoms with E-state index in [0.29, 0.717) is 24.5 Å². The van der Waals surface area contributed by atoms with Gasteiger partial charge in [0, 0.05) is 29.9 Å². The monoisotopic (exact) mass is 385 g/mol. The summed E-state index contributed by atoms with van der Waals surface area (Å²) >= 11 is 1.87. The molecule has 2 aliphatic carbocycles. The lowest BCUT2D eigenvalue weighted by molar-refractivity contribution is -0.116. The van der Waals surface area contributed by atoms with Crippen LogP contribution in [0.4, 0.5) is 5.69 Å². The number of thioether (sulfide) groups is 1. The van der Waals surface area contributed by atoms with Gasteiger partial charge in [0.05, 0.1) is 6.04 Å². The summed E-state index contributed by atoms with van der Waals surface area (Å²) in [5, 5.41) is 4.30. The Labute approximate surface area is 167 Å². The molecule has 1 heterocycles. The van der Waals surface area contributed by atoms with Gasteiger partial charge in [0.15, 0.2) is 5.17 Å². The van der Waals surface area contributed by atoms with Gasteiger partial charge in [-0.3, -0.25) is 9.79 Å². The van der Waals surface area contributed by atoms with Gasteiger partial charge in [0.2, 0.25) is 5.91 Å². The maximum absolute atomic E-state index is 12.6. The van der Waals surface area contributed by atoms with E-state index in [4.69, 9.17) is 4.99 Å². The third-order valence-electron chi connectivity index (χ3n) is 5.89. The molecule has 1 aromatic rings. The second-order valence-corrected chi connectivity index (χ2v) is 9.10. The molecule has 1 saturated heterocycles. The van der Waals surface area contributed by atoms with Crippen LogP contribution < -0.4 is 5.32 Å². The quantitative estimate of drug-likeness (QED) is 0.761. The van der Waals surface area contributed by atoms with Crippen molar-refractivity contribution in [3.05, 3.63) is 29.8 Å². The van der Waals surface area contributed by atoms with Crippen LogP contribution in [0, 0.1) is 0 Å². The third kappa shape index (κ3) is 4.87. The summed E-state index contributed by atoms with van der Waals surface area (Å²) < 4.78 is 0. The molecular formula is C22H31N3OS. The zero-order chi connectivity index (χ0) is 18.6. The fourth-order valence-corrected chi connectivity index (χ4v) is 5.46. The molecule has 3 aliphatic rings. The Balaban J connectivity index is 1.37. The van der Waals surface area contributed by atoms with Crippen molar-refractivity contribution >= 4 is 28.5 Å². The van der Waals surface area contributed by atoms with E-state index in [1.165, 1.54) is 55.7 Å². The third-order valence-corrected chi connectivity index (χ3v) is 7.02. The molecule has 0 bridgehead atoms. The Kier molecular flexibility index (Phi) is 6.06. The van der Waals surface area contributed by atoms with E-state index in [-0.39, 0.29) is 5.91 Å². The van der Waals surface area contributed by atoms with Crippen molar-refractivity contribution in [3.8, 4) is 0 Å². The van der Waals surface area contributed by atoms with Crippen LogP contribution in [0.25, 0.3) is 0 Å². The van der Waals surface area contributed by atoms with E-state index >= 15 is 0 Å². The van der Waals surface area contributed by atoms with E-state index in [2.05, 4.69) is 29.3 Å². The molecule has 4 nitrogen and oxygen atoms in total. The van der Waals surface area contributed by atoms with Crippen molar-refractivity contribution in [1.82, 2.24) is 4.90 Å². The molecule has 1 amide bonds. The Morgan fingerprint density at radius 3 is 2.56 bits per heavy atom. The summed E-state index contributed by atoms with van der Waals surface area (Å²) in [5.74, 6) is 1.11. The van der Waals surface area contributed by atoms with Crippen LogP contribution in [0.1, 0.15) is 63.9 Å². The predicted molar refractivity (Wildman–Crippen MR) is 114 cm³/mol. The number of aryl methyl sites for hydroxylation is 1. The summed E-state index contributed by atoms with van der Waals surface area (Å²) in [7, 11) is 0. The summed E-state index contributed by atoms with van der Waals surface area (Å²) in [6, 6.07) is 9.61. The summed E-state index contributed by atoms with van der Waals surface area (Å²) in [6.07, 6.45) is 10.6. The van der Waals surface area contributed by atoms with Gasteiger partial charge in [-0.2, -0.15) is 0 Å². The number of carbonyl (C=O) groups excluding carboxylic acids is 1. The van der Waals surface area contributed by atoms with Crippen LogP contribution in [0.2, 0.25) is 0 Å². The minimum absolute atomic E-state index is 0.120. The molecule has 1 aliphatic heterocycles. The van der Waals surface area contributed by atoms with Crippen molar-refractivity contribution in [1.29, 1.82) is 0 Å². The average molecular weight is 386 g/mol. The molecule has 146 valence electrons. The number of rotatable bonds is 6. The second-order valence-electron chi connectivity index (χ2n) is 8.11. The van der Waals surface area contributed by atoms with E-state index in [1.807, 2.05) is 23.9 Å². The standard InChI is InChI=1S/C22H31N3OS/c1-2-16-8-10-18(11-9-16)23-21(26)14-20-15-27-22(25(20)19-12-13-19)24-17-6-4-3-5-7-17/h8-11,17,19-20H,2-7,12-15H2,1H3,(H,23,26). The first-order valence-corrected chi connectivity index (χ1v) is 11.6. The first-order chi connectivity index (χ1) is 13.2. The van der Waals surface area contributed by atoms with Crippen LogP contribution in [0.15, 0.2) is 29.3 Å². The van der Waals surface area contributed by atoms with Gasteiger partial charge in [-0.25, -0.2) is 0 Å². The Bertz CT molecular complexity index is 677. The van der Waals surface area contributed by atoms with Gasteiger partial charge in [-0.15, -0.1) is 0 Å². The molecule has 1 aromatic carbocycles. The highest BCUT2D eigenvalue weighted by atomic mass is 32.2. The number of hydrogen-bond donors (Lipinski definition) is 1. The van der Waals surface area contributed by atoms with Crippen molar-refractivity contribution in [2.75, 3.05) is 11.1 Å². The highest BCUT2D eigenvalue weighted by Crippen LogP contribution is 2.38. The molecule has 3 fully saturated rings. The number of nitrogens with zero attached hydrogens (tertiary/aromatic N) is 2. The molecule has 1 atom stereocenters. The van der Waals surface area contributed by atoms with Gasteiger partial charge >= 0.3 is 0 Å². The maximum Gasteiger partial charge on any atom is 0.226 e. The summed E-state index contributed by atoms with van der Waals surface area (Å²) in [4.78, 5) is 20.2. The lowest BCUT2D eigenvalue weighted by Gasteiger charge is -2.27. The van der Waals surface area contributed by atoms with Crippen molar-refractivity contribution in [2.24, 2.45) is 4.99 Å². The number of carbonyl (C=O) groups is 1. The Morgan fingerprint density at radius 2 is 1.89 bits per heavy atom. The number of hydrogen-bond acceptors (Lipinski definition) is 3. The molecule has 0 radical (unpaired) electrons. The molecule has 0 spiro atoms. The van der Waals surface area contributed by atoms with E-state index < -0.39 is 0 Å². The normalized spacial score (nSPS) is 25.1. The molecule has 2 saturated carbocycles. The topological polar surface area (TPSA) is 44.7 Å². The van der Waals surface area contributed by atoms with E-state index in [0.717, 1.165) is 17.9 Å². The van der Waals surface area contributed by atoms with Crippen LogP contribution in [0.3, 0.4) is 0 Å². The minimum atomic E-state index is 0.120. The summed E-state index contributed by atoms with van der Waals surface area (Å²) in [5.41, 5.74) is 2.19. The van der Waals surface area contributed by atoms with Gasteiger partial charge in [-0.05, 0) is 49.8 Å². The first kappa shape index (κ1) is 18.9. The number of anilines is 1. The number of aliphatic imine (C=N–C) groups is 1. The highest BCUT2D eigenvalue weighted by Gasteiger charge is 2.41. The zero-order valence-electron chi connectivity index (χ0n) is 16.3. The van der Waals surface area contributed by atoms with Gasteiger partial charge in [-0.1, -0.05) is 50.1 Å². The van der Waals surface area contributed by atoms with Gasteiger partial charge in [0.1, 0.15) is 0 Å². The lowest BCUT2D eigenvalue weighted by atomic mass is 9.96. The minimum Gasteiger partial charge on any atom is -0.344 e. The smallest absolute Gasteiger partial charge is 0.226 e. The average Bonchev–Trinajstić information content (AvgIpc) is 3.46. The number of benzene rings is 1. The fraction of sp³-hybridized carbons (Fsp3) is 0.636. The van der Waals surface area contributed by atoms with Crippen LogP contribution in [-0.4, -0.2) is 39.9 Å². The van der Waals surface area contributed by atoms with Crippen LogP contribution in [-0.2, 0) is 11.2 Å². The van der Waals surface area contributed by atoms with Gasteiger partial charge < -0.3 is 10.2 Å². The van der Waals surface area contributed by atoms with Crippen molar-refractivity contribution < 1.29 is 4.79 Å². The SMILES string of the molecule is CCc1ccc(NC(=O)CC2CSC(=NC3CCCCC3)N2C2CC2)cc1. The number of amides is 1. The van der Waals surface area contributed by atoms with E-state index in [9.17, 15) is 4.79 Å². The largest absolute Gasteiger partial charge is 0.344 e. The molecule has 0 aromatic heterocycles. The Hall–Kier alpha value is -1.49. The van der Waals surface area contributed by atoms with Crippen LogP contribution in [0.5, 0.6) is 0 Å². The maximum atomic E-state index is 12.6. The molecule has 5 heteroatoms. The second kappa shape index (κ2) is 8.68. The molecule has 1 N–H and O–H groups in total. The number of nitrogens with one attached hydrogen (secondary N) is 1. The van der Waals surface area contributed by atoms with Crippen LogP contribution >= 0.6 is 11.8 Å². The zero-order valence-corrected chi connectivity index (χ0v) is 17.1. The molecule has 27 heavy (non-hydrogen) atoms.